The summed E-state index contributed by atoms with van der Waals surface area (Å²) >= 11 is 1.60. The minimum Gasteiger partial charge on any atom is -0.444 e. The molecule has 2 aliphatic heterocycles. The lowest BCUT2D eigenvalue weighted by Crippen LogP contribution is -2.58. The van der Waals surface area contributed by atoms with Gasteiger partial charge in [-0.15, -0.1) is 11.3 Å². The van der Waals surface area contributed by atoms with Crippen LogP contribution in [0.2, 0.25) is 0 Å². The number of hydrogen-bond donors (Lipinski definition) is 2. The fourth-order valence-electron chi connectivity index (χ4n) is 5.94. The second-order valence-electron chi connectivity index (χ2n) is 14.7. The van der Waals surface area contributed by atoms with E-state index >= 15 is 0 Å². The van der Waals surface area contributed by atoms with Crippen molar-refractivity contribution in [2.45, 2.75) is 111 Å². The predicted octanol–water partition coefficient (Wildman–Crippen LogP) is 5.23. The maximum atomic E-state index is 13.9. The summed E-state index contributed by atoms with van der Waals surface area (Å²) in [4.78, 5) is 61.5. The van der Waals surface area contributed by atoms with Gasteiger partial charge in [0.05, 0.1) is 28.2 Å². The highest BCUT2D eigenvalue weighted by Crippen LogP contribution is 2.29. The minimum absolute atomic E-state index is 0.176. The smallest absolute Gasteiger partial charge is 0.410 e. The molecule has 0 aliphatic carbocycles. The van der Waals surface area contributed by atoms with Crippen LogP contribution in [0.3, 0.4) is 0 Å². The summed E-state index contributed by atoms with van der Waals surface area (Å²) in [5, 5.41) is 6.00. The zero-order valence-corrected chi connectivity index (χ0v) is 29.9. The lowest BCUT2D eigenvalue weighted by Gasteiger charge is -2.36. The first-order valence-corrected chi connectivity index (χ1v) is 17.4. The van der Waals surface area contributed by atoms with Crippen molar-refractivity contribution >= 4 is 35.2 Å². The molecule has 0 saturated carbocycles. The lowest BCUT2D eigenvalue weighted by molar-refractivity contribution is -0.145. The van der Waals surface area contributed by atoms with Crippen LogP contribution >= 0.6 is 11.3 Å². The summed E-state index contributed by atoms with van der Waals surface area (Å²) in [6, 6.07) is 6.40. The third kappa shape index (κ3) is 9.76. The number of likely N-dealkylation sites (tertiary alicyclic amines) is 2. The number of nitrogens with one attached hydrogen (secondary N) is 2. The van der Waals surface area contributed by atoms with Crippen LogP contribution < -0.4 is 10.6 Å². The summed E-state index contributed by atoms with van der Waals surface area (Å²) in [5.74, 6) is -0.865. The van der Waals surface area contributed by atoms with Gasteiger partial charge in [-0.3, -0.25) is 14.4 Å². The molecular weight excluding hydrogens is 618 g/mol. The van der Waals surface area contributed by atoms with Gasteiger partial charge in [0.1, 0.15) is 24.3 Å². The first kappa shape index (κ1) is 36.3. The van der Waals surface area contributed by atoms with Gasteiger partial charge in [0.25, 0.3) is 0 Å². The van der Waals surface area contributed by atoms with Crippen LogP contribution in [0.1, 0.15) is 91.4 Å². The number of hydrogen-bond acceptors (Lipinski definition) is 8. The Morgan fingerprint density at radius 1 is 0.979 bits per heavy atom. The molecule has 3 heterocycles. The van der Waals surface area contributed by atoms with Crippen LogP contribution in [-0.4, -0.2) is 88.6 Å². The van der Waals surface area contributed by atoms with Crippen molar-refractivity contribution in [2.75, 3.05) is 26.2 Å². The van der Waals surface area contributed by atoms with Crippen LogP contribution in [0.25, 0.3) is 10.4 Å². The molecule has 3 atom stereocenters. The van der Waals surface area contributed by atoms with Crippen LogP contribution in [-0.2, 0) is 23.9 Å². The number of amides is 4. The average molecular weight is 670 g/mol. The summed E-state index contributed by atoms with van der Waals surface area (Å²) in [5.41, 5.74) is 3.72. The highest BCUT2D eigenvalue weighted by Gasteiger charge is 2.42. The molecule has 0 unspecified atom stereocenters. The zero-order chi connectivity index (χ0) is 34.5. The van der Waals surface area contributed by atoms with Crippen molar-refractivity contribution in [1.29, 1.82) is 0 Å². The highest BCUT2D eigenvalue weighted by atomic mass is 32.1. The Labute approximate surface area is 282 Å². The average Bonchev–Trinajstić information content (AvgIpc) is 3.67. The lowest BCUT2D eigenvalue weighted by atomic mass is 9.85. The van der Waals surface area contributed by atoms with E-state index in [0.717, 1.165) is 21.7 Å². The van der Waals surface area contributed by atoms with Crippen molar-refractivity contribution in [3.63, 3.8) is 0 Å². The summed E-state index contributed by atoms with van der Waals surface area (Å²) in [6.45, 7) is 16.3. The quantitative estimate of drug-likeness (QED) is 0.374. The largest absolute Gasteiger partial charge is 0.444 e. The van der Waals surface area contributed by atoms with Crippen LogP contribution in [0.4, 0.5) is 4.79 Å². The van der Waals surface area contributed by atoms with Gasteiger partial charge in [0.2, 0.25) is 17.7 Å². The van der Waals surface area contributed by atoms with E-state index in [9.17, 15) is 19.2 Å². The maximum absolute atomic E-state index is 13.9. The molecule has 2 saturated heterocycles. The predicted molar refractivity (Wildman–Crippen MR) is 182 cm³/mol. The molecule has 47 heavy (non-hydrogen) atoms. The summed E-state index contributed by atoms with van der Waals surface area (Å²) in [7, 11) is 0. The first-order valence-electron chi connectivity index (χ1n) is 16.5. The monoisotopic (exact) mass is 669 g/mol. The zero-order valence-electron chi connectivity index (χ0n) is 29.1. The standard InChI is InChI=1S/C35H51N5O6S/c1-22(24-11-13-25(14-12-24)29-23(2)36-21-47-29)37-31(42)27-10-9-17-40(27)32(43)30(34(3,4)5)38-28(41)20-45-26-15-18-39(19-16-26)33(44)46-35(6,7)8/h11-14,21-22,26-27,30H,9-10,15-20H2,1-8H3,(H,37,42)(H,38,41)/t22-,27-,30+/m0/s1. The van der Waals surface area contributed by atoms with Crippen molar-refractivity contribution in [2.24, 2.45) is 5.41 Å². The van der Waals surface area contributed by atoms with Gasteiger partial charge < -0.3 is 29.9 Å². The van der Waals surface area contributed by atoms with Crippen LogP contribution in [0.15, 0.2) is 29.8 Å². The van der Waals surface area contributed by atoms with Crippen LogP contribution in [0, 0.1) is 12.3 Å². The van der Waals surface area contributed by atoms with Gasteiger partial charge in [-0.25, -0.2) is 9.78 Å². The molecule has 4 amide bonds. The third-order valence-electron chi connectivity index (χ3n) is 8.58. The van der Waals surface area contributed by atoms with Crippen molar-refractivity contribution in [1.82, 2.24) is 25.4 Å². The van der Waals surface area contributed by atoms with Crippen molar-refractivity contribution in [3.05, 3.63) is 41.0 Å². The first-order chi connectivity index (χ1) is 22.0. The number of benzene rings is 1. The van der Waals surface area contributed by atoms with Crippen molar-refractivity contribution in [3.8, 4) is 10.4 Å². The van der Waals surface area contributed by atoms with E-state index in [1.807, 2.05) is 85.2 Å². The number of thiazole rings is 1. The SMILES string of the molecule is Cc1ncsc1-c1ccc([C@H](C)NC(=O)[C@@H]2CCCN2C(=O)[C@@H](NC(=O)COC2CCN(C(=O)OC(C)(C)C)CC2)C(C)(C)C)cc1. The Hall–Kier alpha value is -3.51. The van der Waals surface area contributed by atoms with Crippen molar-refractivity contribution < 1.29 is 28.7 Å². The van der Waals surface area contributed by atoms with E-state index in [4.69, 9.17) is 9.47 Å². The number of rotatable bonds is 9. The normalized spacial score (nSPS) is 18.9. The number of ether oxygens (including phenoxy) is 2. The van der Waals surface area contributed by atoms with Gasteiger partial charge in [-0.05, 0) is 76.8 Å². The number of aromatic nitrogens is 1. The third-order valence-corrected chi connectivity index (χ3v) is 9.56. The molecule has 12 heteroatoms. The van der Waals surface area contributed by atoms with Gasteiger partial charge in [0, 0.05) is 19.6 Å². The number of carbonyl (C=O) groups is 4. The Kier molecular flexibility index (Phi) is 11.7. The Morgan fingerprint density at radius 3 is 2.21 bits per heavy atom. The molecule has 2 aromatic rings. The second kappa shape index (κ2) is 15.1. The molecule has 0 bridgehead atoms. The molecule has 2 fully saturated rings. The molecule has 4 rings (SSSR count). The second-order valence-corrected chi connectivity index (χ2v) is 15.5. The van der Waals surface area contributed by atoms with E-state index in [1.54, 1.807) is 21.1 Å². The summed E-state index contributed by atoms with van der Waals surface area (Å²) < 4.78 is 11.3. The minimum atomic E-state index is -0.832. The van der Waals surface area contributed by atoms with Gasteiger partial charge >= 0.3 is 6.09 Å². The number of nitrogens with zero attached hydrogens (tertiary/aromatic N) is 3. The highest BCUT2D eigenvalue weighted by molar-refractivity contribution is 7.13. The van der Waals surface area contributed by atoms with E-state index in [1.165, 1.54) is 0 Å². The van der Waals surface area contributed by atoms with E-state index < -0.39 is 29.0 Å². The Balaban J connectivity index is 1.30. The number of carbonyl (C=O) groups excluding carboxylic acids is 4. The summed E-state index contributed by atoms with van der Waals surface area (Å²) in [6.07, 6.45) is 1.92. The van der Waals surface area contributed by atoms with Gasteiger partial charge in [0.15, 0.2) is 0 Å². The fourth-order valence-corrected chi connectivity index (χ4v) is 6.75. The molecule has 2 aliphatic rings. The molecule has 11 nitrogen and oxygen atoms in total. The molecule has 1 aromatic heterocycles. The van der Waals surface area contributed by atoms with Crippen LogP contribution in [0.5, 0.6) is 0 Å². The Bertz CT molecular complexity index is 1400. The number of aryl methyl sites for hydroxylation is 1. The Morgan fingerprint density at radius 2 is 1.64 bits per heavy atom. The van der Waals surface area contributed by atoms with Gasteiger partial charge in [-0.1, -0.05) is 45.0 Å². The van der Waals surface area contributed by atoms with E-state index in [-0.39, 0.29) is 36.7 Å². The topological polar surface area (TPSA) is 130 Å². The molecule has 258 valence electrons. The van der Waals surface area contributed by atoms with Gasteiger partial charge in [-0.2, -0.15) is 0 Å². The molecule has 2 N–H and O–H groups in total. The molecule has 1 aromatic carbocycles. The number of piperidine rings is 1. The molecule has 0 spiro atoms. The van der Waals surface area contributed by atoms with E-state index in [0.29, 0.717) is 45.3 Å². The fraction of sp³-hybridized carbons (Fsp3) is 0.629. The molecular formula is C35H51N5O6S. The van der Waals surface area contributed by atoms with E-state index in [2.05, 4.69) is 15.6 Å². The molecule has 0 radical (unpaired) electrons. The maximum Gasteiger partial charge on any atom is 0.410 e.